The molecule has 0 aliphatic rings. The highest BCUT2D eigenvalue weighted by molar-refractivity contribution is 9.10. The average molecular weight is 331 g/mol. The largest absolute Gasteiger partial charge is 0.462 e. The fraction of sp³-hybridized carbons (Fsp3) is 0.600. The van der Waals surface area contributed by atoms with Crippen LogP contribution in [0.2, 0.25) is 0 Å². The lowest BCUT2D eigenvalue weighted by atomic mass is 10.2. The minimum Gasteiger partial charge on any atom is -0.462 e. The highest BCUT2D eigenvalue weighted by Gasteiger charge is 2.20. The van der Waals surface area contributed by atoms with Crippen molar-refractivity contribution in [2.24, 2.45) is 0 Å². The van der Waals surface area contributed by atoms with Crippen molar-refractivity contribution >= 4 is 15.9 Å². The first kappa shape index (κ1) is 16.5. The van der Waals surface area contributed by atoms with Gasteiger partial charge in [-0.2, -0.15) is 0 Å². The molecule has 0 aliphatic heterocycles. The third kappa shape index (κ3) is 6.41. The first-order chi connectivity index (χ1) is 9.17. The normalized spacial score (nSPS) is 14.1. The Balaban J connectivity index is 2.51. The highest BCUT2D eigenvalue weighted by Crippen LogP contribution is 2.19. The molecule has 0 aromatic heterocycles. The van der Waals surface area contributed by atoms with Crippen LogP contribution in [-0.4, -0.2) is 24.1 Å². The minimum atomic E-state index is -0.606. The van der Waals surface area contributed by atoms with Crippen molar-refractivity contribution in [3.05, 3.63) is 28.7 Å². The SMILES string of the molecule is CCCCCO[C@@H](Oc1ccc(Br)cc1)C(O)CC. The quantitative estimate of drug-likeness (QED) is 0.546. The fourth-order valence-corrected chi connectivity index (χ4v) is 1.88. The van der Waals surface area contributed by atoms with Crippen molar-refractivity contribution in [2.75, 3.05) is 6.61 Å². The van der Waals surface area contributed by atoms with Crippen molar-refractivity contribution in [1.82, 2.24) is 0 Å². The summed E-state index contributed by atoms with van der Waals surface area (Å²) in [5, 5.41) is 9.93. The summed E-state index contributed by atoms with van der Waals surface area (Å²) in [4.78, 5) is 0. The first-order valence-electron chi connectivity index (χ1n) is 6.89. The number of aliphatic hydroxyl groups is 1. The van der Waals surface area contributed by atoms with Crippen LogP contribution in [0.5, 0.6) is 5.75 Å². The number of hydrogen-bond donors (Lipinski definition) is 1. The van der Waals surface area contributed by atoms with Gasteiger partial charge in [-0.3, -0.25) is 0 Å². The summed E-state index contributed by atoms with van der Waals surface area (Å²) in [7, 11) is 0. The van der Waals surface area contributed by atoms with Crippen molar-refractivity contribution in [3.8, 4) is 5.75 Å². The molecule has 0 aliphatic carbocycles. The maximum Gasteiger partial charge on any atom is 0.226 e. The molecule has 19 heavy (non-hydrogen) atoms. The topological polar surface area (TPSA) is 38.7 Å². The Bertz CT molecular complexity index is 340. The van der Waals surface area contributed by atoms with Crippen molar-refractivity contribution in [1.29, 1.82) is 0 Å². The molecule has 0 amide bonds. The second-order valence-corrected chi connectivity index (χ2v) is 5.41. The molecule has 108 valence electrons. The van der Waals surface area contributed by atoms with Crippen LogP contribution in [0, 0.1) is 0 Å². The number of rotatable bonds is 9. The molecule has 0 saturated heterocycles. The monoisotopic (exact) mass is 330 g/mol. The summed E-state index contributed by atoms with van der Waals surface area (Å²) >= 11 is 3.38. The number of halogens is 1. The van der Waals surface area contributed by atoms with Gasteiger partial charge in [-0.25, -0.2) is 0 Å². The van der Waals surface area contributed by atoms with Gasteiger partial charge in [0.1, 0.15) is 11.9 Å². The summed E-state index contributed by atoms with van der Waals surface area (Å²) in [5.41, 5.74) is 0. The number of ether oxygens (including phenoxy) is 2. The number of hydrogen-bond acceptors (Lipinski definition) is 3. The van der Waals surface area contributed by atoms with Gasteiger partial charge in [-0.05, 0) is 37.1 Å². The molecule has 0 heterocycles. The zero-order chi connectivity index (χ0) is 14.1. The standard InChI is InChI=1S/C15H23BrO3/c1-3-5-6-11-18-15(14(17)4-2)19-13-9-7-12(16)8-10-13/h7-10,14-15,17H,3-6,11H2,1-2H3/t14?,15-/m0/s1. The van der Waals surface area contributed by atoms with Crippen LogP contribution < -0.4 is 4.74 Å². The zero-order valence-corrected chi connectivity index (χ0v) is 13.2. The third-order valence-electron chi connectivity index (χ3n) is 2.83. The molecule has 0 fully saturated rings. The Labute approximate surface area is 124 Å². The summed E-state index contributed by atoms with van der Waals surface area (Å²) in [6.07, 6.45) is 2.68. The molecule has 1 aromatic carbocycles. The summed E-state index contributed by atoms with van der Waals surface area (Å²) in [6, 6.07) is 7.52. The van der Waals surface area contributed by atoms with Crippen LogP contribution in [-0.2, 0) is 4.74 Å². The lowest BCUT2D eigenvalue weighted by Gasteiger charge is -2.23. The lowest BCUT2D eigenvalue weighted by molar-refractivity contribution is -0.146. The maximum atomic E-state index is 9.93. The van der Waals surface area contributed by atoms with E-state index in [-0.39, 0.29) is 0 Å². The molecule has 0 bridgehead atoms. The molecule has 2 atom stereocenters. The number of benzene rings is 1. The predicted octanol–water partition coefficient (Wildman–Crippen LogP) is 4.13. The molecule has 0 radical (unpaired) electrons. The molecular formula is C15H23BrO3. The second kappa shape index (κ2) is 9.34. The Hall–Kier alpha value is -0.580. The van der Waals surface area contributed by atoms with Crippen LogP contribution in [0.15, 0.2) is 28.7 Å². The van der Waals surface area contributed by atoms with Crippen LogP contribution in [0.1, 0.15) is 39.5 Å². The van der Waals surface area contributed by atoms with E-state index in [0.717, 1.165) is 23.7 Å². The van der Waals surface area contributed by atoms with E-state index in [1.165, 1.54) is 0 Å². The molecule has 0 saturated carbocycles. The van der Waals surface area contributed by atoms with Crippen molar-refractivity contribution < 1.29 is 14.6 Å². The molecule has 1 rings (SSSR count). The molecule has 1 N–H and O–H groups in total. The Morgan fingerprint density at radius 1 is 1.16 bits per heavy atom. The highest BCUT2D eigenvalue weighted by atomic mass is 79.9. The summed E-state index contributed by atoms with van der Waals surface area (Å²) < 4.78 is 12.4. The van der Waals surface area contributed by atoms with E-state index in [9.17, 15) is 5.11 Å². The maximum absolute atomic E-state index is 9.93. The molecular weight excluding hydrogens is 308 g/mol. The van der Waals surface area contributed by atoms with Crippen LogP contribution in [0.3, 0.4) is 0 Å². The second-order valence-electron chi connectivity index (χ2n) is 4.49. The van der Waals surface area contributed by atoms with Crippen molar-refractivity contribution in [3.63, 3.8) is 0 Å². The Kier molecular flexibility index (Phi) is 8.10. The van der Waals surface area contributed by atoms with Crippen LogP contribution in [0.4, 0.5) is 0 Å². The van der Waals surface area contributed by atoms with E-state index < -0.39 is 12.4 Å². The Morgan fingerprint density at radius 2 is 1.84 bits per heavy atom. The van der Waals surface area contributed by atoms with E-state index in [0.29, 0.717) is 18.8 Å². The van der Waals surface area contributed by atoms with Gasteiger partial charge in [0.25, 0.3) is 0 Å². The van der Waals surface area contributed by atoms with Gasteiger partial charge in [0.05, 0.1) is 6.61 Å². The average Bonchev–Trinajstić information content (AvgIpc) is 2.43. The van der Waals surface area contributed by atoms with E-state index in [2.05, 4.69) is 22.9 Å². The summed E-state index contributed by atoms with van der Waals surface area (Å²) in [6.45, 7) is 4.68. The van der Waals surface area contributed by atoms with Crippen LogP contribution in [0.25, 0.3) is 0 Å². The molecule has 0 spiro atoms. The van der Waals surface area contributed by atoms with Gasteiger partial charge in [0.15, 0.2) is 0 Å². The first-order valence-corrected chi connectivity index (χ1v) is 7.68. The van der Waals surface area contributed by atoms with E-state index in [1.807, 2.05) is 31.2 Å². The summed E-state index contributed by atoms with van der Waals surface area (Å²) in [5.74, 6) is 0.705. The van der Waals surface area contributed by atoms with E-state index in [1.54, 1.807) is 0 Å². The van der Waals surface area contributed by atoms with Gasteiger partial charge in [-0.15, -0.1) is 0 Å². The predicted molar refractivity (Wildman–Crippen MR) is 80.3 cm³/mol. The Morgan fingerprint density at radius 3 is 2.42 bits per heavy atom. The van der Waals surface area contributed by atoms with Gasteiger partial charge in [-0.1, -0.05) is 42.6 Å². The van der Waals surface area contributed by atoms with Crippen molar-refractivity contribution in [2.45, 2.75) is 51.9 Å². The molecule has 4 heteroatoms. The molecule has 1 unspecified atom stereocenters. The van der Waals surface area contributed by atoms with E-state index in [4.69, 9.17) is 9.47 Å². The smallest absolute Gasteiger partial charge is 0.226 e. The number of aliphatic hydroxyl groups excluding tert-OH is 1. The number of unbranched alkanes of at least 4 members (excludes halogenated alkanes) is 2. The lowest BCUT2D eigenvalue weighted by Crippen LogP contribution is -2.34. The van der Waals surface area contributed by atoms with Gasteiger partial charge in [0, 0.05) is 4.47 Å². The van der Waals surface area contributed by atoms with Gasteiger partial charge < -0.3 is 14.6 Å². The zero-order valence-electron chi connectivity index (χ0n) is 11.6. The van der Waals surface area contributed by atoms with E-state index >= 15 is 0 Å². The fourth-order valence-electron chi connectivity index (χ4n) is 1.61. The third-order valence-corrected chi connectivity index (χ3v) is 3.36. The van der Waals surface area contributed by atoms with Gasteiger partial charge >= 0.3 is 0 Å². The van der Waals surface area contributed by atoms with Crippen LogP contribution >= 0.6 is 15.9 Å². The molecule has 1 aromatic rings. The molecule has 3 nitrogen and oxygen atoms in total. The minimum absolute atomic E-state index is 0.594. The van der Waals surface area contributed by atoms with Gasteiger partial charge in [0.2, 0.25) is 6.29 Å².